The molecule has 0 bridgehead atoms. The molecule has 2 N–H and O–H groups in total. The van der Waals surface area contributed by atoms with Crippen molar-refractivity contribution < 1.29 is 9.84 Å². The Balaban J connectivity index is 1.66. The van der Waals surface area contributed by atoms with Crippen molar-refractivity contribution in [3.63, 3.8) is 0 Å². The number of hydrogen-bond acceptors (Lipinski definition) is 3. The molecule has 1 aliphatic heterocycles. The van der Waals surface area contributed by atoms with Crippen LogP contribution in [0.1, 0.15) is 58.3 Å². The van der Waals surface area contributed by atoms with Gasteiger partial charge in [0.1, 0.15) is 0 Å². The molecule has 0 aromatic heterocycles. The van der Waals surface area contributed by atoms with E-state index in [1.807, 2.05) is 0 Å². The van der Waals surface area contributed by atoms with Crippen LogP contribution in [-0.2, 0) is 4.74 Å². The van der Waals surface area contributed by atoms with Gasteiger partial charge in [-0.05, 0) is 32.6 Å². The van der Waals surface area contributed by atoms with Crippen LogP contribution in [0.15, 0.2) is 0 Å². The molecule has 1 heterocycles. The first-order chi connectivity index (χ1) is 8.18. The summed E-state index contributed by atoms with van der Waals surface area (Å²) in [4.78, 5) is 0. The molecule has 1 saturated heterocycles. The Kier molecular flexibility index (Phi) is 4.83. The summed E-state index contributed by atoms with van der Waals surface area (Å²) in [6, 6.07) is 0. The fourth-order valence-corrected chi connectivity index (χ4v) is 3.06. The maximum atomic E-state index is 10.5. The van der Waals surface area contributed by atoms with Gasteiger partial charge in [0.25, 0.3) is 0 Å². The molecule has 0 aromatic carbocycles. The number of nitrogens with one attached hydrogen (secondary N) is 1. The van der Waals surface area contributed by atoms with Gasteiger partial charge in [-0.3, -0.25) is 0 Å². The van der Waals surface area contributed by atoms with Gasteiger partial charge < -0.3 is 15.2 Å². The average molecular weight is 241 g/mol. The lowest BCUT2D eigenvalue weighted by Crippen LogP contribution is -2.42. The fraction of sp³-hybridized carbons (Fsp3) is 1.00. The standard InChI is InChI=1S/C14H27NO2/c1-12-6-7-13(17-12)10-15-11-14(16)8-4-2-3-5-9-14/h12-13,15-16H,2-11H2,1H3. The summed E-state index contributed by atoms with van der Waals surface area (Å²) in [5.74, 6) is 0. The summed E-state index contributed by atoms with van der Waals surface area (Å²) in [5.41, 5.74) is -0.458. The lowest BCUT2D eigenvalue weighted by atomic mass is 9.94. The van der Waals surface area contributed by atoms with Gasteiger partial charge in [0.15, 0.2) is 0 Å². The maximum absolute atomic E-state index is 10.5. The van der Waals surface area contributed by atoms with E-state index in [1.165, 1.54) is 32.1 Å². The van der Waals surface area contributed by atoms with Crippen LogP contribution in [0.25, 0.3) is 0 Å². The summed E-state index contributed by atoms with van der Waals surface area (Å²) in [5, 5.41) is 13.9. The van der Waals surface area contributed by atoms with Crippen molar-refractivity contribution in [3.8, 4) is 0 Å². The largest absolute Gasteiger partial charge is 0.389 e. The zero-order valence-corrected chi connectivity index (χ0v) is 11.1. The molecule has 2 rings (SSSR count). The quantitative estimate of drug-likeness (QED) is 0.742. The first-order valence-electron chi connectivity index (χ1n) is 7.26. The number of hydrogen-bond donors (Lipinski definition) is 2. The maximum Gasteiger partial charge on any atom is 0.0771 e. The molecule has 1 aliphatic carbocycles. The van der Waals surface area contributed by atoms with E-state index >= 15 is 0 Å². The monoisotopic (exact) mass is 241 g/mol. The van der Waals surface area contributed by atoms with Gasteiger partial charge in [-0.1, -0.05) is 25.7 Å². The molecule has 2 unspecified atom stereocenters. The third kappa shape index (κ3) is 4.23. The lowest BCUT2D eigenvalue weighted by Gasteiger charge is -2.27. The van der Waals surface area contributed by atoms with Crippen molar-refractivity contribution in [2.75, 3.05) is 13.1 Å². The highest BCUT2D eigenvalue weighted by molar-refractivity contribution is 4.84. The van der Waals surface area contributed by atoms with Gasteiger partial charge in [0, 0.05) is 13.1 Å². The van der Waals surface area contributed by atoms with Crippen LogP contribution in [0, 0.1) is 0 Å². The van der Waals surface area contributed by atoms with E-state index in [9.17, 15) is 5.11 Å². The zero-order chi connectivity index (χ0) is 12.1. The first kappa shape index (κ1) is 13.3. The molecule has 2 atom stereocenters. The smallest absolute Gasteiger partial charge is 0.0771 e. The summed E-state index contributed by atoms with van der Waals surface area (Å²) >= 11 is 0. The second-order valence-corrected chi connectivity index (χ2v) is 5.92. The fourth-order valence-electron chi connectivity index (χ4n) is 3.06. The Hall–Kier alpha value is -0.120. The number of aliphatic hydroxyl groups is 1. The third-order valence-electron chi connectivity index (χ3n) is 4.18. The molecule has 17 heavy (non-hydrogen) atoms. The molecule has 100 valence electrons. The Labute approximate surface area is 105 Å². The summed E-state index contributed by atoms with van der Waals surface area (Å²) in [6.45, 7) is 3.77. The van der Waals surface area contributed by atoms with E-state index in [0.29, 0.717) is 12.2 Å². The van der Waals surface area contributed by atoms with Crippen LogP contribution in [0.2, 0.25) is 0 Å². The van der Waals surface area contributed by atoms with Crippen molar-refractivity contribution in [2.24, 2.45) is 0 Å². The number of ether oxygens (including phenoxy) is 1. The minimum absolute atomic E-state index is 0.361. The summed E-state index contributed by atoms with van der Waals surface area (Å²) < 4.78 is 5.76. The van der Waals surface area contributed by atoms with Crippen molar-refractivity contribution in [1.29, 1.82) is 0 Å². The molecule has 0 aromatic rings. The van der Waals surface area contributed by atoms with E-state index in [-0.39, 0.29) is 0 Å². The Morgan fingerprint density at radius 2 is 1.88 bits per heavy atom. The molecule has 1 saturated carbocycles. The highest BCUT2D eigenvalue weighted by Gasteiger charge is 2.28. The van der Waals surface area contributed by atoms with Gasteiger partial charge in [0.05, 0.1) is 17.8 Å². The normalized spacial score (nSPS) is 33.5. The van der Waals surface area contributed by atoms with Crippen LogP contribution in [0.3, 0.4) is 0 Å². The van der Waals surface area contributed by atoms with Gasteiger partial charge in [0.2, 0.25) is 0 Å². The predicted molar refractivity (Wildman–Crippen MR) is 69.1 cm³/mol. The average Bonchev–Trinajstić information content (AvgIpc) is 2.58. The van der Waals surface area contributed by atoms with Crippen LogP contribution < -0.4 is 5.32 Å². The molecule has 2 aliphatic rings. The molecular formula is C14H27NO2. The van der Waals surface area contributed by atoms with E-state index in [2.05, 4.69) is 12.2 Å². The lowest BCUT2D eigenvalue weighted by molar-refractivity contribution is 0.0164. The minimum atomic E-state index is -0.458. The highest BCUT2D eigenvalue weighted by Crippen LogP contribution is 2.26. The van der Waals surface area contributed by atoms with Crippen LogP contribution in [-0.4, -0.2) is 36.0 Å². The Morgan fingerprint density at radius 1 is 1.18 bits per heavy atom. The van der Waals surface area contributed by atoms with E-state index in [0.717, 1.165) is 32.4 Å². The second-order valence-electron chi connectivity index (χ2n) is 5.92. The van der Waals surface area contributed by atoms with E-state index in [1.54, 1.807) is 0 Å². The van der Waals surface area contributed by atoms with Crippen molar-refractivity contribution in [3.05, 3.63) is 0 Å². The van der Waals surface area contributed by atoms with Gasteiger partial charge in [-0.2, -0.15) is 0 Å². The van der Waals surface area contributed by atoms with Gasteiger partial charge >= 0.3 is 0 Å². The SMILES string of the molecule is CC1CCC(CNCC2(O)CCCCCC2)O1. The summed E-state index contributed by atoms with van der Waals surface area (Å²) in [6.07, 6.45) is 9.95. The molecule has 0 spiro atoms. The molecule has 0 amide bonds. The van der Waals surface area contributed by atoms with Crippen LogP contribution >= 0.6 is 0 Å². The molecule has 2 fully saturated rings. The van der Waals surface area contributed by atoms with Gasteiger partial charge in [-0.15, -0.1) is 0 Å². The first-order valence-corrected chi connectivity index (χ1v) is 7.26. The topological polar surface area (TPSA) is 41.5 Å². The predicted octanol–water partition coefficient (Wildman–Crippen LogP) is 2.23. The van der Waals surface area contributed by atoms with Crippen molar-refractivity contribution >= 4 is 0 Å². The van der Waals surface area contributed by atoms with E-state index < -0.39 is 5.60 Å². The second kappa shape index (κ2) is 6.17. The van der Waals surface area contributed by atoms with Crippen LogP contribution in [0.4, 0.5) is 0 Å². The van der Waals surface area contributed by atoms with E-state index in [4.69, 9.17) is 4.74 Å². The Morgan fingerprint density at radius 3 is 2.47 bits per heavy atom. The van der Waals surface area contributed by atoms with Crippen molar-refractivity contribution in [2.45, 2.75) is 76.1 Å². The third-order valence-corrected chi connectivity index (χ3v) is 4.18. The highest BCUT2D eigenvalue weighted by atomic mass is 16.5. The summed E-state index contributed by atoms with van der Waals surface area (Å²) in [7, 11) is 0. The molecular weight excluding hydrogens is 214 g/mol. The number of rotatable bonds is 4. The van der Waals surface area contributed by atoms with Crippen LogP contribution in [0.5, 0.6) is 0 Å². The zero-order valence-electron chi connectivity index (χ0n) is 11.1. The Bertz CT molecular complexity index is 224. The van der Waals surface area contributed by atoms with Gasteiger partial charge in [-0.25, -0.2) is 0 Å². The molecule has 3 nitrogen and oxygen atoms in total. The minimum Gasteiger partial charge on any atom is -0.389 e. The molecule has 3 heteroatoms. The van der Waals surface area contributed by atoms with Crippen molar-refractivity contribution in [1.82, 2.24) is 5.32 Å². The molecule has 0 radical (unpaired) electrons.